The Morgan fingerprint density at radius 1 is 1.10 bits per heavy atom. The van der Waals surface area contributed by atoms with Crippen LogP contribution in [0.5, 0.6) is 11.5 Å². The molecule has 0 spiro atoms. The predicted molar refractivity (Wildman–Crippen MR) is 114 cm³/mol. The summed E-state index contributed by atoms with van der Waals surface area (Å²) in [5.41, 5.74) is 0.734. The number of anilines is 1. The van der Waals surface area contributed by atoms with Crippen molar-refractivity contribution in [3.63, 3.8) is 0 Å². The van der Waals surface area contributed by atoms with Gasteiger partial charge < -0.3 is 10.1 Å². The Morgan fingerprint density at radius 2 is 1.74 bits per heavy atom. The van der Waals surface area contributed by atoms with Gasteiger partial charge in [-0.15, -0.1) is 0 Å². The molecule has 31 heavy (non-hydrogen) atoms. The van der Waals surface area contributed by atoms with E-state index < -0.39 is 23.7 Å². The molecule has 1 N–H and O–H groups in total. The van der Waals surface area contributed by atoms with Crippen molar-refractivity contribution in [3.05, 3.63) is 86.2 Å². The Labute approximate surface area is 177 Å². The molecule has 8 heteroatoms. The van der Waals surface area contributed by atoms with Crippen LogP contribution in [-0.4, -0.2) is 15.0 Å². The summed E-state index contributed by atoms with van der Waals surface area (Å²) in [5, 5.41) is 12.0. The molecule has 1 aliphatic heterocycles. The number of carbonyl (C=O) groups is 1. The minimum absolute atomic E-state index is 0.0671. The highest BCUT2D eigenvalue weighted by atomic mass is 16.5. The molecule has 156 valence electrons. The molecule has 1 amide bonds. The topological polar surface area (TPSA) is 106 Å². The lowest BCUT2D eigenvalue weighted by Crippen LogP contribution is -2.44. The van der Waals surface area contributed by atoms with Crippen LogP contribution in [0.15, 0.2) is 58.1 Å². The van der Waals surface area contributed by atoms with E-state index in [-0.39, 0.29) is 5.56 Å². The van der Waals surface area contributed by atoms with Gasteiger partial charge >= 0.3 is 5.69 Å². The third-order valence-corrected chi connectivity index (χ3v) is 5.14. The van der Waals surface area contributed by atoms with E-state index in [1.165, 1.54) is 4.57 Å². The first-order valence-corrected chi connectivity index (χ1v) is 9.87. The van der Waals surface area contributed by atoms with Gasteiger partial charge in [0.05, 0.1) is 0 Å². The maximum atomic E-state index is 12.6. The molecule has 2 aromatic carbocycles. The van der Waals surface area contributed by atoms with E-state index in [9.17, 15) is 19.6 Å². The van der Waals surface area contributed by atoms with E-state index in [1.54, 1.807) is 24.3 Å². The fourth-order valence-electron chi connectivity index (χ4n) is 3.58. The highest BCUT2D eigenvalue weighted by Gasteiger charge is 2.23. The molecule has 8 nitrogen and oxygen atoms in total. The summed E-state index contributed by atoms with van der Waals surface area (Å²) in [7, 11) is 0. The average molecular weight is 416 g/mol. The molecule has 3 aromatic rings. The van der Waals surface area contributed by atoms with Crippen LogP contribution in [0.4, 0.5) is 5.69 Å². The molecule has 0 saturated heterocycles. The van der Waals surface area contributed by atoms with Crippen LogP contribution in [0.3, 0.4) is 0 Å². The number of carbonyl (C=O) groups excluding carboxylic acids is 1. The maximum Gasteiger partial charge on any atom is 0.331 e. The normalized spacial score (nSPS) is 12.1. The van der Waals surface area contributed by atoms with E-state index in [2.05, 4.69) is 5.32 Å². The van der Waals surface area contributed by atoms with Gasteiger partial charge in [0.1, 0.15) is 29.7 Å². The largest absolute Gasteiger partial charge is 0.457 e. The second-order valence-corrected chi connectivity index (χ2v) is 7.35. The molecule has 0 bridgehead atoms. The van der Waals surface area contributed by atoms with E-state index in [0.717, 1.165) is 10.1 Å². The fraction of sp³-hybridized carbons (Fsp3) is 0.217. The Balaban J connectivity index is 1.47. The van der Waals surface area contributed by atoms with E-state index in [1.807, 2.05) is 37.3 Å². The number of benzene rings is 2. The van der Waals surface area contributed by atoms with Crippen LogP contribution >= 0.6 is 0 Å². The fourth-order valence-corrected chi connectivity index (χ4v) is 3.58. The third-order valence-electron chi connectivity index (χ3n) is 5.14. The third kappa shape index (κ3) is 4.12. The van der Waals surface area contributed by atoms with E-state index >= 15 is 0 Å². The molecular formula is C23H20N4O4. The van der Waals surface area contributed by atoms with Crippen molar-refractivity contribution < 1.29 is 9.53 Å². The summed E-state index contributed by atoms with van der Waals surface area (Å²) < 4.78 is 7.98. The molecule has 0 fully saturated rings. The van der Waals surface area contributed by atoms with Crippen LogP contribution in [0.25, 0.3) is 0 Å². The van der Waals surface area contributed by atoms with Crippen LogP contribution in [0.1, 0.15) is 23.2 Å². The quantitative estimate of drug-likeness (QED) is 0.688. The number of nitrogens with one attached hydrogen (secondary N) is 1. The zero-order chi connectivity index (χ0) is 22.0. The first kappa shape index (κ1) is 20.2. The van der Waals surface area contributed by atoms with Crippen LogP contribution in [0.2, 0.25) is 0 Å². The zero-order valence-electron chi connectivity index (χ0n) is 16.9. The van der Waals surface area contributed by atoms with Crippen molar-refractivity contribution in [1.82, 2.24) is 9.13 Å². The highest BCUT2D eigenvalue weighted by Crippen LogP contribution is 2.23. The van der Waals surface area contributed by atoms with Crippen molar-refractivity contribution >= 4 is 11.6 Å². The van der Waals surface area contributed by atoms with E-state index in [4.69, 9.17) is 4.74 Å². The summed E-state index contributed by atoms with van der Waals surface area (Å²) in [5.74, 6) is 0.773. The minimum atomic E-state index is -0.724. The minimum Gasteiger partial charge on any atom is -0.457 e. The summed E-state index contributed by atoms with van der Waals surface area (Å²) in [6, 6.07) is 16.3. The van der Waals surface area contributed by atoms with Crippen molar-refractivity contribution in [2.75, 3.05) is 5.32 Å². The summed E-state index contributed by atoms with van der Waals surface area (Å²) in [6.45, 7) is 1.97. The number of aryl methyl sites for hydroxylation is 1. The first-order chi connectivity index (χ1) is 15.0. The maximum absolute atomic E-state index is 12.6. The molecule has 2 heterocycles. The van der Waals surface area contributed by atoms with Gasteiger partial charge in [-0.2, -0.15) is 5.26 Å². The van der Waals surface area contributed by atoms with Gasteiger partial charge in [-0.3, -0.25) is 14.2 Å². The molecule has 0 saturated carbocycles. The number of nitriles is 1. The molecule has 0 radical (unpaired) electrons. The molecule has 1 aliphatic rings. The summed E-state index contributed by atoms with van der Waals surface area (Å²) in [6.07, 6.45) is 1.20. The van der Waals surface area contributed by atoms with Crippen LogP contribution in [-0.2, 0) is 24.3 Å². The molecule has 1 aromatic heterocycles. The van der Waals surface area contributed by atoms with Gasteiger partial charge in [-0.1, -0.05) is 17.7 Å². The lowest BCUT2D eigenvalue weighted by atomic mass is 10.2. The monoisotopic (exact) mass is 416 g/mol. The smallest absolute Gasteiger partial charge is 0.331 e. The lowest BCUT2D eigenvalue weighted by molar-refractivity contribution is -0.116. The Hall–Kier alpha value is -4.12. The summed E-state index contributed by atoms with van der Waals surface area (Å²) in [4.78, 5) is 37.6. The number of nitrogens with zero attached hydrogens (tertiary/aromatic N) is 3. The number of aromatic nitrogens is 2. The molecular weight excluding hydrogens is 396 g/mol. The summed E-state index contributed by atoms with van der Waals surface area (Å²) >= 11 is 0. The lowest BCUT2D eigenvalue weighted by Gasteiger charge is -2.11. The standard InChI is InChI=1S/C23H20N4O4/c1-15-4-8-17(9-5-15)31-18-10-6-16(7-11-18)25-21(28)14-27-22(29)19(13-24)20-3-2-12-26(20)23(27)30/h4-11H,2-3,12,14H2,1H3,(H,25,28). The van der Waals surface area contributed by atoms with Crippen molar-refractivity contribution in [3.8, 4) is 17.6 Å². The zero-order valence-corrected chi connectivity index (χ0v) is 16.9. The second kappa shape index (κ2) is 8.32. The number of hydrogen-bond donors (Lipinski definition) is 1. The SMILES string of the molecule is Cc1ccc(Oc2ccc(NC(=O)Cn3c(=O)c(C#N)c4n(c3=O)CCC4)cc2)cc1. The first-order valence-electron chi connectivity index (χ1n) is 9.87. The highest BCUT2D eigenvalue weighted by molar-refractivity contribution is 5.90. The number of fused-ring (bicyclic) bond motifs is 1. The van der Waals surface area contributed by atoms with Gasteiger partial charge in [0.2, 0.25) is 5.91 Å². The van der Waals surface area contributed by atoms with Crippen molar-refractivity contribution in [1.29, 1.82) is 5.26 Å². The van der Waals surface area contributed by atoms with Gasteiger partial charge in [0, 0.05) is 17.9 Å². The molecule has 0 atom stereocenters. The Bertz CT molecular complexity index is 1300. The number of rotatable bonds is 5. The average Bonchev–Trinajstić information content (AvgIpc) is 3.24. The number of hydrogen-bond acceptors (Lipinski definition) is 5. The van der Waals surface area contributed by atoms with Gasteiger partial charge in [-0.05, 0) is 56.2 Å². The molecule has 0 aliphatic carbocycles. The van der Waals surface area contributed by atoms with Gasteiger partial charge in [0.25, 0.3) is 5.56 Å². The molecule has 4 rings (SSSR count). The van der Waals surface area contributed by atoms with Gasteiger partial charge in [0.15, 0.2) is 0 Å². The Morgan fingerprint density at radius 3 is 2.39 bits per heavy atom. The number of amides is 1. The van der Waals surface area contributed by atoms with E-state index in [0.29, 0.717) is 42.3 Å². The number of ether oxygens (including phenoxy) is 1. The van der Waals surface area contributed by atoms with Crippen molar-refractivity contribution in [2.45, 2.75) is 32.9 Å². The van der Waals surface area contributed by atoms with Crippen LogP contribution in [0, 0.1) is 18.3 Å². The Kier molecular flexibility index (Phi) is 5.41. The second-order valence-electron chi connectivity index (χ2n) is 7.35. The van der Waals surface area contributed by atoms with Crippen LogP contribution < -0.4 is 21.3 Å². The predicted octanol–water partition coefficient (Wildman–Crippen LogP) is 2.57. The van der Waals surface area contributed by atoms with Gasteiger partial charge in [-0.25, -0.2) is 9.36 Å². The molecule has 0 unspecified atom stereocenters. The van der Waals surface area contributed by atoms with Crippen molar-refractivity contribution in [2.24, 2.45) is 0 Å².